The van der Waals surface area contributed by atoms with Gasteiger partial charge in [0.2, 0.25) is 0 Å². The Morgan fingerprint density at radius 3 is 1.98 bits per heavy atom. The Hall–Kier alpha value is -2.19. The van der Waals surface area contributed by atoms with Crippen molar-refractivity contribution in [3.8, 4) is 0 Å². The van der Waals surface area contributed by atoms with Gasteiger partial charge >= 0.3 is 0 Å². The molecule has 6 unspecified atom stereocenters. The van der Waals surface area contributed by atoms with Gasteiger partial charge in [0.25, 0.3) is 0 Å². The summed E-state index contributed by atoms with van der Waals surface area (Å²) in [5, 5.41) is 11.8. The van der Waals surface area contributed by atoms with Gasteiger partial charge < -0.3 is 5.11 Å². The van der Waals surface area contributed by atoms with E-state index in [0.29, 0.717) is 34.9 Å². The second-order valence-electron chi connectivity index (χ2n) is 17.4. The Kier molecular flexibility index (Phi) is 8.83. The molecule has 4 fully saturated rings. The number of aryl methyl sites for hydroxylation is 4. The molecule has 0 saturated heterocycles. The number of ketones is 1. The van der Waals surface area contributed by atoms with Crippen molar-refractivity contribution in [2.45, 2.75) is 137 Å². The van der Waals surface area contributed by atoms with E-state index in [0.717, 1.165) is 37.0 Å². The molecule has 250 valence electrons. The normalized spacial score (nSPS) is 41.7. The van der Waals surface area contributed by atoms with Gasteiger partial charge in [0.1, 0.15) is 5.78 Å². The van der Waals surface area contributed by atoms with Gasteiger partial charge in [0, 0.05) is 18.3 Å². The minimum Gasteiger partial charge on any atom is -0.389 e. The molecule has 0 bridgehead atoms. The van der Waals surface area contributed by atoms with Crippen LogP contribution in [0.25, 0.3) is 0 Å². The minimum absolute atomic E-state index is 0. The lowest BCUT2D eigenvalue weighted by atomic mass is 9.49. The van der Waals surface area contributed by atoms with Crippen LogP contribution in [0.1, 0.15) is 138 Å². The SMILES string of the molecule is C.C=CC[C@]1(O)C[C@@]2(C)C(CC[C@@H]2C)C2CCc3cc(C)ccc3C21.Cc1ccc2c(c1)CCC1C2C(=O)C[C@@]2(C)C1CC[C@@H]2C. The number of Topliss-reactive ketones (excluding diaryl/α,β-unsaturated/α-hetero) is 1. The third-order valence-electron chi connectivity index (χ3n) is 15.1. The number of fused-ring (bicyclic) bond motifs is 10. The zero-order valence-corrected chi connectivity index (χ0v) is 29.0. The molecular weight excluding hydrogens is 560 g/mol. The van der Waals surface area contributed by atoms with Crippen molar-refractivity contribution in [3.63, 3.8) is 0 Å². The topological polar surface area (TPSA) is 37.3 Å². The lowest BCUT2D eigenvalue weighted by Crippen LogP contribution is -2.55. The summed E-state index contributed by atoms with van der Waals surface area (Å²) in [6.07, 6.45) is 14.6. The van der Waals surface area contributed by atoms with Crippen LogP contribution in [0.3, 0.4) is 0 Å². The first-order valence-corrected chi connectivity index (χ1v) is 18.4. The van der Waals surface area contributed by atoms with Gasteiger partial charge in [-0.3, -0.25) is 4.79 Å². The molecule has 6 aliphatic rings. The highest BCUT2D eigenvalue weighted by Gasteiger charge is 2.61. The quantitative estimate of drug-likeness (QED) is 0.338. The van der Waals surface area contributed by atoms with Crippen LogP contribution in [-0.4, -0.2) is 16.5 Å². The van der Waals surface area contributed by atoms with E-state index in [-0.39, 0.29) is 18.8 Å². The fraction of sp³-hybridized carbons (Fsp3) is 0.659. The number of rotatable bonds is 2. The summed E-state index contributed by atoms with van der Waals surface area (Å²) >= 11 is 0. The van der Waals surface area contributed by atoms with Gasteiger partial charge in [0.15, 0.2) is 0 Å². The molecule has 46 heavy (non-hydrogen) atoms. The second-order valence-corrected chi connectivity index (χ2v) is 17.4. The third kappa shape index (κ3) is 5.10. The predicted octanol–water partition coefficient (Wildman–Crippen LogP) is 10.7. The zero-order chi connectivity index (χ0) is 31.9. The van der Waals surface area contributed by atoms with E-state index < -0.39 is 5.60 Å². The monoisotopic (exact) mass is 622 g/mol. The van der Waals surface area contributed by atoms with Gasteiger partial charge in [-0.25, -0.2) is 0 Å². The van der Waals surface area contributed by atoms with Crippen LogP contribution >= 0.6 is 0 Å². The number of hydrogen-bond donors (Lipinski definition) is 1. The van der Waals surface area contributed by atoms with Crippen molar-refractivity contribution >= 4 is 5.78 Å². The number of aliphatic hydroxyl groups is 1. The number of hydrogen-bond acceptors (Lipinski definition) is 2. The van der Waals surface area contributed by atoms with E-state index in [2.05, 4.69) is 84.5 Å². The fourth-order valence-electron chi connectivity index (χ4n) is 12.5. The number of carbonyl (C=O) groups excluding carboxylic acids is 1. The molecular formula is C44H62O2. The van der Waals surface area contributed by atoms with E-state index in [4.69, 9.17) is 0 Å². The molecule has 2 heteroatoms. The summed E-state index contributed by atoms with van der Waals surface area (Å²) < 4.78 is 0. The van der Waals surface area contributed by atoms with Gasteiger partial charge in [-0.2, -0.15) is 0 Å². The molecule has 2 aromatic rings. The van der Waals surface area contributed by atoms with Crippen LogP contribution in [0.15, 0.2) is 49.1 Å². The average molecular weight is 623 g/mol. The predicted molar refractivity (Wildman–Crippen MR) is 192 cm³/mol. The Morgan fingerprint density at radius 2 is 1.35 bits per heavy atom. The highest BCUT2D eigenvalue weighted by atomic mass is 16.3. The molecule has 0 heterocycles. The molecule has 0 radical (unpaired) electrons. The molecule has 0 aliphatic heterocycles. The van der Waals surface area contributed by atoms with E-state index in [1.54, 1.807) is 0 Å². The maximum Gasteiger partial charge on any atom is 0.141 e. The zero-order valence-electron chi connectivity index (χ0n) is 29.0. The largest absolute Gasteiger partial charge is 0.389 e. The van der Waals surface area contributed by atoms with Crippen LogP contribution in [0, 0.1) is 60.2 Å². The van der Waals surface area contributed by atoms with E-state index in [1.807, 2.05) is 6.08 Å². The fourth-order valence-corrected chi connectivity index (χ4v) is 12.5. The number of benzene rings is 2. The van der Waals surface area contributed by atoms with E-state index in [1.165, 1.54) is 84.7 Å². The van der Waals surface area contributed by atoms with Crippen molar-refractivity contribution in [2.75, 3.05) is 0 Å². The molecule has 0 amide bonds. The third-order valence-corrected chi connectivity index (χ3v) is 15.1. The molecule has 2 aromatic carbocycles. The number of carbonyl (C=O) groups is 1. The van der Waals surface area contributed by atoms with Crippen molar-refractivity contribution in [3.05, 3.63) is 82.4 Å². The Balaban J connectivity index is 0.000000159. The maximum absolute atomic E-state index is 13.0. The van der Waals surface area contributed by atoms with Crippen LogP contribution < -0.4 is 0 Å². The molecule has 4 saturated carbocycles. The molecule has 1 N–H and O–H groups in total. The summed E-state index contributed by atoms with van der Waals surface area (Å²) in [6.45, 7) is 18.0. The van der Waals surface area contributed by atoms with E-state index in [9.17, 15) is 9.90 Å². The van der Waals surface area contributed by atoms with Crippen molar-refractivity contribution < 1.29 is 9.90 Å². The first kappa shape index (κ1) is 33.7. The summed E-state index contributed by atoms with van der Waals surface area (Å²) in [5.41, 5.74) is 8.34. The van der Waals surface area contributed by atoms with Crippen LogP contribution in [0.5, 0.6) is 0 Å². The molecule has 6 aliphatic carbocycles. The van der Waals surface area contributed by atoms with Crippen molar-refractivity contribution in [1.82, 2.24) is 0 Å². The molecule has 0 spiro atoms. The summed E-state index contributed by atoms with van der Waals surface area (Å²) in [6, 6.07) is 13.7. The lowest BCUT2D eigenvalue weighted by molar-refractivity contribution is -0.132. The van der Waals surface area contributed by atoms with Gasteiger partial charge in [-0.05, 0) is 147 Å². The van der Waals surface area contributed by atoms with E-state index >= 15 is 0 Å². The van der Waals surface area contributed by atoms with Crippen LogP contribution in [0.2, 0.25) is 0 Å². The Morgan fingerprint density at radius 1 is 0.804 bits per heavy atom. The van der Waals surface area contributed by atoms with Gasteiger partial charge in [0.05, 0.1) is 5.60 Å². The van der Waals surface area contributed by atoms with Crippen LogP contribution in [0.4, 0.5) is 0 Å². The highest BCUT2D eigenvalue weighted by Crippen LogP contribution is 2.66. The van der Waals surface area contributed by atoms with Crippen LogP contribution in [-0.2, 0) is 17.6 Å². The highest BCUT2D eigenvalue weighted by molar-refractivity contribution is 5.88. The Bertz CT molecular complexity index is 1490. The summed E-state index contributed by atoms with van der Waals surface area (Å²) in [5.74, 6) is 5.25. The summed E-state index contributed by atoms with van der Waals surface area (Å²) in [4.78, 5) is 13.0. The summed E-state index contributed by atoms with van der Waals surface area (Å²) in [7, 11) is 0. The van der Waals surface area contributed by atoms with Crippen molar-refractivity contribution in [1.29, 1.82) is 0 Å². The standard InChI is InChI=1S/C23H32O.C20H26O.CH4/c1-5-12-23(24)14-22(4)16(3)7-11-20(22)19-10-8-17-13-15(2)6-9-18(17)21(19)23;1-12-4-7-15-14(10-12)6-8-16-17-9-5-13(2)20(17,3)11-18(21)19(15)16;/h5-6,9,13,16,19-21,24H,1,7-8,10-12,14H2,2-4H3;4,7,10,13,16-17,19H,5-6,8-9,11H2,1-3H3;1H4/t16-,19?,20?,21?,22+,23-;13-,16?,17?,19?,20+;/m00./s1. The molecule has 0 aromatic heterocycles. The first-order valence-electron chi connectivity index (χ1n) is 18.4. The maximum atomic E-state index is 13.0. The molecule has 2 nitrogen and oxygen atoms in total. The molecule has 8 rings (SSSR count). The smallest absolute Gasteiger partial charge is 0.141 e. The van der Waals surface area contributed by atoms with Gasteiger partial charge in [-0.15, -0.1) is 6.58 Å². The van der Waals surface area contributed by atoms with Crippen molar-refractivity contribution in [2.24, 2.45) is 46.3 Å². The minimum atomic E-state index is -0.624. The average Bonchev–Trinajstić information content (AvgIpc) is 3.46. The Labute approximate surface area is 280 Å². The lowest BCUT2D eigenvalue weighted by Gasteiger charge is -2.58. The van der Waals surface area contributed by atoms with Gasteiger partial charge in [-0.1, -0.05) is 88.7 Å². The second kappa shape index (κ2) is 12.0. The first-order chi connectivity index (χ1) is 21.4. The molecule has 11 atom stereocenters.